The van der Waals surface area contributed by atoms with Crippen molar-refractivity contribution in [2.24, 2.45) is 0 Å². The Kier molecular flexibility index (Phi) is 3.79. The highest BCUT2D eigenvalue weighted by Gasteiger charge is 2.16. The van der Waals surface area contributed by atoms with Gasteiger partial charge in [-0.25, -0.2) is 0 Å². The van der Waals surface area contributed by atoms with Gasteiger partial charge in [-0.2, -0.15) is 8.78 Å². The predicted molar refractivity (Wildman–Crippen MR) is 75.3 cm³/mol. The average molecular weight is 258 g/mol. The highest BCUT2D eigenvalue weighted by molar-refractivity contribution is 5.83. The Morgan fingerprint density at radius 3 is 1.84 bits per heavy atom. The third-order valence-electron chi connectivity index (χ3n) is 3.18. The van der Waals surface area contributed by atoms with Crippen LogP contribution < -0.4 is 0 Å². The van der Waals surface area contributed by atoms with Crippen molar-refractivity contribution in [3.05, 3.63) is 76.4 Å². The van der Waals surface area contributed by atoms with E-state index in [-0.39, 0.29) is 5.57 Å². The lowest BCUT2D eigenvalue weighted by Crippen LogP contribution is -1.97. The maximum Gasteiger partial charge on any atom is 0.278 e. The van der Waals surface area contributed by atoms with Gasteiger partial charge in [-0.05, 0) is 43.0 Å². The summed E-state index contributed by atoms with van der Waals surface area (Å²) in [5, 5.41) is 0. The molecule has 2 rings (SSSR count). The zero-order valence-electron chi connectivity index (χ0n) is 11.3. The molecule has 0 fully saturated rings. The zero-order chi connectivity index (χ0) is 14.0. The molecule has 0 N–H and O–H groups in total. The maximum atomic E-state index is 13.4. The number of hydrogen-bond donors (Lipinski definition) is 0. The minimum Gasteiger partial charge on any atom is -0.173 e. The van der Waals surface area contributed by atoms with Gasteiger partial charge in [-0.3, -0.25) is 0 Å². The van der Waals surface area contributed by atoms with Gasteiger partial charge < -0.3 is 0 Å². The molecule has 0 saturated carbocycles. The van der Waals surface area contributed by atoms with E-state index in [2.05, 4.69) is 0 Å². The van der Waals surface area contributed by atoms with Crippen molar-refractivity contribution in [1.82, 2.24) is 0 Å². The van der Waals surface area contributed by atoms with Crippen LogP contribution in [-0.2, 0) is 0 Å². The summed E-state index contributed by atoms with van der Waals surface area (Å²) in [4.78, 5) is 0. The number of aryl methyl sites for hydroxylation is 3. The lowest BCUT2D eigenvalue weighted by Gasteiger charge is -2.14. The second-order valence-electron chi connectivity index (χ2n) is 4.78. The van der Waals surface area contributed by atoms with E-state index < -0.39 is 6.08 Å². The van der Waals surface area contributed by atoms with Crippen molar-refractivity contribution >= 4 is 5.57 Å². The van der Waals surface area contributed by atoms with Gasteiger partial charge in [-0.1, -0.05) is 48.0 Å². The molecule has 0 amide bonds. The van der Waals surface area contributed by atoms with Gasteiger partial charge in [0.2, 0.25) is 0 Å². The standard InChI is InChI=1S/C17H16F2/c1-11-9-12(2)15(13(3)10-11)16(17(18)19)14-7-5-4-6-8-14/h4-10H,1-3H3. The summed E-state index contributed by atoms with van der Waals surface area (Å²) in [6.07, 6.45) is -1.64. The third kappa shape index (κ3) is 2.73. The molecular weight excluding hydrogens is 242 g/mol. The van der Waals surface area contributed by atoms with Crippen molar-refractivity contribution in [3.8, 4) is 0 Å². The number of rotatable bonds is 2. The quantitative estimate of drug-likeness (QED) is 0.688. The van der Waals surface area contributed by atoms with E-state index in [0.717, 1.165) is 16.7 Å². The van der Waals surface area contributed by atoms with Gasteiger partial charge in [0.1, 0.15) is 0 Å². The molecule has 0 unspecified atom stereocenters. The van der Waals surface area contributed by atoms with Crippen LogP contribution in [0.2, 0.25) is 0 Å². The lowest BCUT2D eigenvalue weighted by atomic mass is 9.90. The zero-order valence-corrected chi connectivity index (χ0v) is 11.3. The predicted octanol–water partition coefficient (Wildman–Crippen LogP) is 5.27. The minimum absolute atomic E-state index is 0.0376. The molecule has 0 aromatic heterocycles. The first kappa shape index (κ1) is 13.5. The molecule has 0 spiro atoms. The summed E-state index contributed by atoms with van der Waals surface area (Å²) >= 11 is 0. The fraction of sp³-hybridized carbons (Fsp3) is 0.176. The summed E-state index contributed by atoms with van der Waals surface area (Å²) in [6.45, 7) is 5.73. The molecule has 0 aliphatic carbocycles. The van der Waals surface area contributed by atoms with Crippen LogP contribution in [0, 0.1) is 20.8 Å². The van der Waals surface area contributed by atoms with E-state index in [0.29, 0.717) is 11.1 Å². The molecule has 2 heteroatoms. The van der Waals surface area contributed by atoms with Gasteiger partial charge in [0.25, 0.3) is 6.08 Å². The highest BCUT2D eigenvalue weighted by Crippen LogP contribution is 2.33. The molecule has 0 atom stereocenters. The van der Waals surface area contributed by atoms with Crippen LogP contribution in [0.1, 0.15) is 27.8 Å². The van der Waals surface area contributed by atoms with Gasteiger partial charge in [0, 0.05) is 0 Å². The highest BCUT2D eigenvalue weighted by atomic mass is 19.3. The first-order valence-corrected chi connectivity index (χ1v) is 6.19. The van der Waals surface area contributed by atoms with Crippen LogP contribution in [0.4, 0.5) is 8.78 Å². The summed E-state index contributed by atoms with van der Waals surface area (Å²) in [5.41, 5.74) is 4.07. The molecular formula is C17H16F2. The van der Waals surface area contributed by atoms with Crippen LogP contribution in [0.5, 0.6) is 0 Å². The molecule has 0 heterocycles. The minimum atomic E-state index is -1.64. The topological polar surface area (TPSA) is 0 Å². The van der Waals surface area contributed by atoms with Gasteiger partial charge in [0.15, 0.2) is 0 Å². The number of hydrogen-bond acceptors (Lipinski definition) is 0. The Labute approximate surface area is 112 Å². The van der Waals surface area contributed by atoms with Crippen LogP contribution in [0.15, 0.2) is 48.5 Å². The van der Waals surface area contributed by atoms with E-state index in [1.54, 1.807) is 24.3 Å². The van der Waals surface area contributed by atoms with Crippen molar-refractivity contribution < 1.29 is 8.78 Å². The Bertz CT molecular complexity index is 598. The summed E-state index contributed by atoms with van der Waals surface area (Å²) in [5.74, 6) is 0. The Hall–Kier alpha value is -1.96. The number of benzene rings is 2. The van der Waals surface area contributed by atoms with Crippen LogP contribution in [-0.4, -0.2) is 0 Å². The summed E-state index contributed by atoms with van der Waals surface area (Å²) < 4.78 is 26.8. The second-order valence-corrected chi connectivity index (χ2v) is 4.78. The normalized spacial score (nSPS) is 10.4. The molecule has 2 aromatic carbocycles. The molecule has 0 aliphatic rings. The number of halogens is 2. The van der Waals surface area contributed by atoms with Crippen molar-refractivity contribution in [1.29, 1.82) is 0 Å². The SMILES string of the molecule is Cc1cc(C)c(C(=C(F)F)c2ccccc2)c(C)c1. The summed E-state index contributed by atoms with van der Waals surface area (Å²) in [6, 6.07) is 12.7. The van der Waals surface area contributed by atoms with E-state index in [1.807, 2.05) is 39.0 Å². The molecule has 19 heavy (non-hydrogen) atoms. The van der Waals surface area contributed by atoms with E-state index in [4.69, 9.17) is 0 Å². The first-order valence-electron chi connectivity index (χ1n) is 6.19. The van der Waals surface area contributed by atoms with Gasteiger partial charge in [-0.15, -0.1) is 0 Å². The van der Waals surface area contributed by atoms with E-state index in [9.17, 15) is 8.78 Å². The van der Waals surface area contributed by atoms with Crippen molar-refractivity contribution in [2.75, 3.05) is 0 Å². The first-order chi connectivity index (χ1) is 9.00. The largest absolute Gasteiger partial charge is 0.278 e. The Morgan fingerprint density at radius 1 is 0.842 bits per heavy atom. The Morgan fingerprint density at radius 2 is 1.37 bits per heavy atom. The van der Waals surface area contributed by atoms with Crippen LogP contribution >= 0.6 is 0 Å². The third-order valence-corrected chi connectivity index (χ3v) is 3.18. The monoisotopic (exact) mass is 258 g/mol. The lowest BCUT2D eigenvalue weighted by molar-refractivity contribution is 0.426. The second kappa shape index (κ2) is 5.35. The summed E-state index contributed by atoms with van der Waals surface area (Å²) in [7, 11) is 0. The van der Waals surface area contributed by atoms with E-state index >= 15 is 0 Å². The van der Waals surface area contributed by atoms with Crippen LogP contribution in [0.3, 0.4) is 0 Å². The van der Waals surface area contributed by atoms with Crippen molar-refractivity contribution in [3.63, 3.8) is 0 Å². The molecule has 0 nitrogen and oxygen atoms in total. The molecule has 2 aromatic rings. The van der Waals surface area contributed by atoms with Crippen LogP contribution in [0.25, 0.3) is 5.57 Å². The molecule has 0 aliphatic heterocycles. The average Bonchev–Trinajstić information content (AvgIpc) is 2.34. The molecule has 0 saturated heterocycles. The van der Waals surface area contributed by atoms with Gasteiger partial charge in [0.05, 0.1) is 5.57 Å². The smallest absolute Gasteiger partial charge is 0.173 e. The van der Waals surface area contributed by atoms with Gasteiger partial charge >= 0.3 is 0 Å². The fourth-order valence-electron chi connectivity index (χ4n) is 2.53. The molecule has 0 radical (unpaired) electrons. The molecule has 98 valence electrons. The molecule has 0 bridgehead atoms. The van der Waals surface area contributed by atoms with E-state index in [1.165, 1.54) is 0 Å². The fourth-order valence-corrected chi connectivity index (χ4v) is 2.53. The van der Waals surface area contributed by atoms with Crippen molar-refractivity contribution in [2.45, 2.75) is 20.8 Å². The maximum absolute atomic E-state index is 13.4. The Balaban J connectivity index is 2.71.